The molecule has 0 bridgehead atoms. The van der Waals surface area contributed by atoms with Gasteiger partial charge >= 0.3 is 0 Å². The molecule has 1 heterocycles. The van der Waals surface area contributed by atoms with Crippen LogP contribution in [0.3, 0.4) is 0 Å². The predicted molar refractivity (Wildman–Crippen MR) is 86.5 cm³/mol. The molecule has 2 aromatic rings. The number of ether oxygens (including phenoxy) is 2. The molecule has 118 valence electrons. The Bertz CT molecular complexity index is 614. The molecule has 0 saturated heterocycles. The van der Waals surface area contributed by atoms with Crippen LogP contribution in [0.1, 0.15) is 17.0 Å². The number of amides is 1. The van der Waals surface area contributed by atoms with Gasteiger partial charge in [0, 0.05) is 25.0 Å². The maximum Gasteiger partial charge on any atom is 0.223 e. The van der Waals surface area contributed by atoms with Crippen molar-refractivity contribution in [3.8, 4) is 11.5 Å². The Morgan fingerprint density at radius 1 is 1.27 bits per heavy atom. The Kier molecular flexibility index (Phi) is 5.77. The van der Waals surface area contributed by atoms with Crippen LogP contribution < -0.4 is 9.47 Å². The number of aryl methyl sites for hydroxylation is 1. The van der Waals surface area contributed by atoms with Crippen LogP contribution in [0.4, 0.5) is 0 Å². The highest BCUT2D eigenvalue weighted by atomic mass is 32.1. The lowest BCUT2D eigenvalue weighted by Gasteiger charge is -2.16. The number of methoxy groups -OCH3 is 2. The Morgan fingerprint density at radius 2 is 2.05 bits per heavy atom. The van der Waals surface area contributed by atoms with E-state index in [1.165, 1.54) is 0 Å². The highest BCUT2D eigenvalue weighted by Crippen LogP contribution is 2.28. The summed E-state index contributed by atoms with van der Waals surface area (Å²) in [5, 5.41) is 2.86. The van der Waals surface area contributed by atoms with Crippen molar-refractivity contribution in [3.63, 3.8) is 0 Å². The normalized spacial score (nSPS) is 10.3. The van der Waals surface area contributed by atoms with Crippen molar-refractivity contribution in [2.75, 3.05) is 21.3 Å². The second-order valence-electron chi connectivity index (χ2n) is 4.86. The Morgan fingerprint density at radius 3 is 2.68 bits per heavy atom. The van der Waals surface area contributed by atoms with E-state index in [0.29, 0.717) is 30.9 Å². The molecular formula is C16H20N2O3S. The molecule has 0 atom stereocenters. The zero-order valence-corrected chi connectivity index (χ0v) is 13.9. The predicted octanol–water partition coefficient (Wildman–Crippen LogP) is 2.75. The van der Waals surface area contributed by atoms with E-state index in [0.717, 1.165) is 10.6 Å². The van der Waals surface area contributed by atoms with Gasteiger partial charge in [-0.2, -0.15) is 0 Å². The minimum absolute atomic E-state index is 0.102. The third kappa shape index (κ3) is 4.21. The second kappa shape index (κ2) is 7.79. The lowest BCUT2D eigenvalue weighted by atomic mass is 10.1. The first-order chi connectivity index (χ1) is 10.6. The smallest absolute Gasteiger partial charge is 0.223 e. The van der Waals surface area contributed by atoms with E-state index in [2.05, 4.69) is 4.98 Å². The van der Waals surface area contributed by atoms with Crippen molar-refractivity contribution in [1.29, 1.82) is 0 Å². The number of thiazole rings is 1. The van der Waals surface area contributed by atoms with E-state index >= 15 is 0 Å². The highest BCUT2D eigenvalue weighted by Gasteiger charge is 2.12. The van der Waals surface area contributed by atoms with E-state index in [-0.39, 0.29) is 5.91 Å². The van der Waals surface area contributed by atoms with E-state index in [1.807, 2.05) is 23.6 Å². The molecule has 0 spiro atoms. The van der Waals surface area contributed by atoms with Crippen molar-refractivity contribution in [1.82, 2.24) is 9.88 Å². The van der Waals surface area contributed by atoms with Gasteiger partial charge in [-0.1, -0.05) is 6.07 Å². The molecule has 0 unspecified atom stereocenters. The summed E-state index contributed by atoms with van der Waals surface area (Å²) in [5.41, 5.74) is 1.05. The molecule has 1 aromatic carbocycles. The van der Waals surface area contributed by atoms with Gasteiger partial charge < -0.3 is 14.4 Å². The SMILES string of the molecule is COc1ccc(CCC(=O)N(C)Cc2nccs2)cc1OC. The summed E-state index contributed by atoms with van der Waals surface area (Å²) < 4.78 is 10.5. The van der Waals surface area contributed by atoms with E-state index < -0.39 is 0 Å². The molecule has 6 heteroatoms. The third-order valence-corrected chi connectivity index (χ3v) is 4.12. The molecule has 0 radical (unpaired) electrons. The molecule has 1 amide bonds. The minimum atomic E-state index is 0.102. The lowest BCUT2D eigenvalue weighted by molar-refractivity contribution is -0.130. The topological polar surface area (TPSA) is 51.7 Å². The van der Waals surface area contributed by atoms with E-state index in [4.69, 9.17) is 9.47 Å². The number of carbonyl (C=O) groups is 1. The molecule has 2 rings (SSSR count). The largest absolute Gasteiger partial charge is 0.493 e. The van der Waals surface area contributed by atoms with Crippen LogP contribution in [0, 0.1) is 0 Å². The summed E-state index contributed by atoms with van der Waals surface area (Å²) in [5.74, 6) is 1.48. The summed E-state index contributed by atoms with van der Waals surface area (Å²) in [7, 11) is 5.02. The Hall–Kier alpha value is -2.08. The fourth-order valence-electron chi connectivity index (χ4n) is 2.10. The number of hydrogen-bond acceptors (Lipinski definition) is 5. The average Bonchev–Trinajstić information content (AvgIpc) is 3.05. The second-order valence-corrected chi connectivity index (χ2v) is 5.84. The number of hydrogen-bond donors (Lipinski definition) is 0. The van der Waals surface area contributed by atoms with Gasteiger partial charge in [0.25, 0.3) is 0 Å². The maximum absolute atomic E-state index is 12.2. The van der Waals surface area contributed by atoms with Crippen LogP contribution in [0.15, 0.2) is 29.8 Å². The maximum atomic E-state index is 12.2. The van der Waals surface area contributed by atoms with Crippen LogP contribution in [-0.4, -0.2) is 37.1 Å². The number of carbonyl (C=O) groups excluding carboxylic acids is 1. The van der Waals surface area contributed by atoms with Crippen molar-refractivity contribution >= 4 is 17.2 Å². The first-order valence-corrected chi connectivity index (χ1v) is 7.85. The Balaban J connectivity index is 1.90. The van der Waals surface area contributed by atoms with Gasteiger partial charge in [-0.05, 0) is 24.1 Å². The van der Waals surface area contributed by atoms with Crippen molar-refractivity contribution in [2.24, 2.45) is 0 Å². The van der Waals surface area contributed by atoms with Crippen molar-refractivity contribution in [2.45, 2.75) is 19.4 Å². The van der Waals surface area contributed by atoms with Gasteiger partial charge in [0.05, 0.1) is 20.8 Å². The van der Waals surface area contributed by atoms with Crippen LogP contribution in [0.5, 0.6) is 11.5 Å². The summed E-state index contributed by atoms with van der Waals surface area (Å²) in [6.45, 7) is 0.558. The van der Waals surface area contributed by atoms with E-state index in [9.17, 15) is 4.79 Å². The molecule has 0 saturated carbocycles. The zero-order chi connectivity index (χ0) is 15.9. The standard InChI is InChI=1S/C16H20N2O3S/c1-18(11-15-17-8-9-22-15)16(19)7-5-12-4-6-13(20-2)14(10-12)21-3/h4,6,8-10H,5,7,11H2,1-3H3. The van der Waals surface area contributed by atoms with Crippen LogP contribution >= 0.6 is 11.3 Å². The molecular weight excluding hydrogens is 300 g/mol. The molecule has 22 heavy (non-hydrogen) atoms. The molecule has 0 N–H and O–H groups in total. The molecule has 1 aromatic heterocycles. The molecule has 5 nitrogen and oxygen atoms in total. The van der Waals surface area contributed by atoms with Gasteiger partial charge in [-0.15, -0.1) is 11.3 Å². The van der Waals surface area contributed by atoms with Gasteiger partial charge in [0.1, 0.15) is 5.01 Å². The van der Waals surface area contributed by atoms with Gasteiger partial charge in [0.2, 0.25) is 5.91 Å². The van der Waals surface area contributed by atoms with Crippen LogP contribution in [0.2, 0.25) is 0 Å². The summed E-state index contributed by atoms with van der Waals surface area (Å²) in [4.78, 5) is 18.1. The molecule has 0 aliphatic rings. The minimum Gasteiger partial charge on any atom is -0.493 e. The molecule has 0 aliphatic carbocycles. The molecule has 0 aliphatic heterocycles. The number of rotatable bonds is 7. The fourth-order valence-corrected chi connectivity index (χ4v) is 2.77. The molecule has 0 fully saturated rings. The van der Waals surface area contributed by atoms with E-state index in [1.54, 1.807) is 43.7 Å². The van der Waals surface area contributed by atoms with Gasteiger partial charge in [0.15, 0.2) is 11.5 Å². The Labute approximate surface area is 134 Å². The zero-order valence-electron chi connectivity index (χ0n) is 13.0. The van der Waals surface area contributed by atoms with Crippen molar-refractivity contribution in [3.05, 3.63) is 40.3 Å². The number of nitrogens with zero attached hydrogens (tertiary/aromatic N) is 2. The monoisotopic (exact) mass is 320 g/mol. The average molecular weight is 320 g/mol. The fraction of sp³-hybridized carbons (Fsp3) is 0.375. The van der Waals surface area contributed by atoms with Crippen LogP contribution in [0.25, 0.3) is 0 Å². The quantitative estimate of drug-likeness (QED) is 0.787. The number of benzene rings is 1. The van der Waals surface area contributed by atoms with Gasteiger partial charge in [-0.25, -0.2) is 4.98 Å². The first kappa shape index (κ1) is 16.3. The van der Waals surface area contributed by atoms with Gasteiger partial charge in [-0.3, -0.25) is 4.79 Å². The first-order valence-electron chi connectivity index (χ1n) is 6.97. The summed E-state index contributed by atoms with van der Waals surface area (Å²) in [6.07, 6.45) is 2.88. The third-order valence-electron chi connectivity index (χ3n) is 3.36. The van der Waals surface area contributed by atoms with Crippen LogP contribution in [-0.2, 0) is 17.8 Å². The lowest BCUT2D eigenvalue weighted by Crippen LogP contribution is -2.26. The summed E-state index contributed by atoms with van der Waals surface area (Å²) >= 11 is 1.56. The highest BCUT2D eigenvalue weighted by molar-refractivity contribution is 7.09. The van der Waals surface area contributed by atoms with Crippen molar-refractivity contribution < 1.29 is 14.3 Å². The number of aromatic nitrogens is 1. The summed E-state index contributed by atoms with van der Waals surface area (Å²) in [6, 6.07) is 5.72.